The molecule has 2 aliphatic carbocycles. The second kappa shape index (κ2) is 10.1. The Morgan fingerprint density at radius 3 is 2.61 bits per heavy atom. The normalized spacial score (nSPS) is 30.6. The van der Waals surface area contributed by atoms with E-state index >= 15 is 0 Å². The van der Waals surface area contributed by atoms with E-state index in [1.807, 2.05) is 6.07 Å². The van der Waals surface area contributed by atoms with Crippen molar-refractivity contribution in [1.82, 2.24) is 34.4 Å². The number of rotatable bonds is 7. The largest absolute Gasteiger partial charge is 0.401 e. The number of halogens is 3. The Morgan fingerprint density at radius 1 is 1.11 bits per heavy atom. The van der Waals surface area contributed by atoms with E-state index in [9.17, 15) is 23.4 Å². The monoisotopic (exact) mass is 614 g/mol. The minimum Gasteiger partial charge on any atom is -0.387 e. The van der Waals surface area contributed by atoms with E-state index in [-0.39, 0.29) is 29.2 Å². The van der Waals surface area contributed by atoms with Gasteiger partial charge in [0, 0.05) is 19.0 Å². The number of nitrogen functional groups attached to an aromatic ring is 1. The van der Waals surface area contributed by atoms with Gasteiger partial charge in [-0.2, -0.15) is 13.2 Å². The highest BCUT2D eigenvalue weighted by molar-refractivity contribution is 5.81. The zero-order valence-electron chi connectivity index (χ0n) is 24.8. The molecule has 0 radical (unpaired) electrons. The zero-order chi connectivity index (χ0) is 31.2. The number of nitrogens with two attached hydrogens (primary N) is 1. The number of alkyl halides is 3. The lowest BCUT2D eigenvalue weighted by Crippen LogP contribution is -2.53. The third-order valence-electron chi connectivity index (χ3n) is 9.79. The molecule has 0 bridgehead atoms. The number of aromatic nitrogens is 6. The molecule has 7 rings (SSSR count). The van der Waals surface area contributed by atoms with Gasteiger partial charge >= 0.3 is 6.18 Å². The van der Waals surface area contributed by atoms with Crippen molar-refractivity contribution in [3.05, 3.63) is 42.2 Å². The number of H-pyrrole nitrogens is 1. The quantitative estimate of drug-likeness (QED) is 0.245. The Labute approximate surface area is 251 Å². The molecule has 4 aromatic rings. The average Bonchev–Trinajstić information content (AvgIpc) is 3.16. The van der Waals surface area contributed by atoms with Crippen LogP contribution in [0.4, 0.5) is 19.0 Å². The van der Waals surface area contributed by atoms with Gasteiger partial charge < -0.3 is 25.7 Å². The van der Waals surface area contributed by atoms with Gasteiger partial charge in [-0.3, -0.25) is 9.47 Å². The van der Waals surface area contributed by atoms with Crippen molar-refractivity contribution < 1.29 is 28.1 Å². The molecule has 5 N–H and O–H groups in total. The van der Waals surface area contributed by atoms with Gasteiger partial charge in [0.1, 0.15) is 36.0 Å². The maximum Gasteiger partial charge on any atom is 0.401 e. The van der Waals surface area contributed by atoms with Crippen LogP contribution < -0.4 is 5.73 Å². The van der Waals surface area contributed by atoms with Crippen molar-refractivity contribution in [2.75, 3.05) is 18.8 Å². The summed E-state index contributed by atoms with van der Waals surface area (Å²) in [5.41, 5.74) is 9.63. The minimum atomic E-state index is -4.43. The predicted octanol–water partition coefficient (Wildman–Crippen LogP) is 3.48. The van der Waals surface area contributed by atoms with Gasteiger partial charge in [-0.25, -0.2) is 19.9 Å². The molecule has 3 fully saturated rings. The molecule has 2 saturated carbocycles. The van der Waals surface area contributed by atoms with Gasteiger partial charge in [0.15, 0.2) is 17.7 Å². The number of nitrogens with one attached hydrogen (secondary N) is 1. The van der Waals surface area contributed by atoms with Crippen LogP contribution in [0.25, 0.3) is 22.2 Å². The van der Waals surface area contributed by atoms with Gasteiger partial charge in [0.05, 0.1) is 23.9 Å². The molecule has 5 atom stereocenters. The molecule has 4 heterocycles. The highest BCUT2D eigenvalue weighted by atomic mass is 19.4. The highest BCUT2D eigenvalue weighted by Gasteiger charge is 2.63. The Morgan fingerprint density at radius 2 is 1.89 bits per heavy atom. The molecular weight excluding hydrogens is 577 g/mol. The third-order valence-corrected chi connectivity index (χ3v) is 9.79. The van der Waals surface area contributed by atoms with Crippen LogP contribution in [0.5, 0.6) is 0 Å². The lowest BCUT2D eigenvalue weighted by atomic mass is 9.73. The molecule has 14 heteroatoms. The Balaban J connectivity index is 1.02. The van der Waals surface area contributed by atoms with Crippen LogP contribution in [0.15, 0.2) is 30.9 Å². The first-order chi connectivity index (χ1) is 20.7. The first-order valence-corrected chi connectivity index (χ1v) is 15.0. The van der Waals surface area contributed by atoms with Crippen LogP contribution in [0, 0.1) is 11.3 Å². The zero-order valence-corrected chi connectivity index (χ0v) is 24.8. The Kier molecular flexibility index (Phi) is 6.74. The standard InChI is InChI=1S/C30H37F3N8O3/c1-28(2,3)15-4-5-18-19(6-15)39-21(38-18)7-16-8-29(16)9-17(10-29)40(12-30(31,32)33)11-20-23(42)24(43)27(44-20)41-14-37-22-25(34)35-13-36-26(22)41/h4-6,13-14,16-17,20,23-24,27,42-43H,7-12H2,1-3H3,(H,38,39)(H2,34,35,36)/t16?,17?,20-,23-,24-,27-,29?/m1/s1. The lowest BCUT2D eigenvalue weighted by molar-refractivity contribution is -0.165. The second-order valence-electron chi connectivity index (χ2n) is 13.9. The smallest absolute Gasteiger partial charge is 0.387 e. The van der Waals surface area contributed by atoms with Gasteiger partial charge in [-0.1, -0.05) is 26.8 Å². The van der Waals surface area contributed by atoms with Gasteiger partial charge in [0.2, 0.25) is 0 Å². The molecule has 1 saturated heterocycles. The van der Waals surface area contributed by atoms with Crippen LogP contribution in [0.3, 0.4) is 0 Å². The van der Waals surface area contributed by atoms with Gasteiger partial charge in [0.25, 0.3) is 0 Å². The molecule has 44 heavy (non-hydrogen) atoms. The highest BCUT2D eigenvalue weighted by Crippen LogP contribution is 2.67. The fraction of sp³-hybridized carbons (Fsp3) is 0.600. The first-order valence-electron chi connectivity index (χ1n) is 15.0. The summed E-state index contributed by atoms with van der Waals surface area (Å²) in [5, 5.41) is 21.6. The predicted molar refractivity (Wildman–Crippen MR) is 155 cm³/mol. The summed E-state index contributed by atoms with van der Waals surface area (Å²) in [6.45, 7) is 5.21. The second-order valence-corrected chi connectivity index (χ2v) is 13.9. The molecule has 3 aromatic heterocycles. The van der Waals surface area contributed by atoms with Crippen LogP contribution in [-0.4, -0.2) is 88.2 Å². The van der Waals surface area contributed by atoms with E-state index < -0.39 is 37.3 Å². The van der Waals surface area contributed by atoms with E-state index in [0.29, 0.717) is 29.9 Å². The topological polar surface area (TPSA) is 151 Å². The summed E-state index contributed by atoms with van der Waals surface area (Å²) >= 11 is 0. The van der Waals surface area contributed by atoms with E-state index in [2.05, 4.69) is 52.8 Å². The van der Waals surface area contributed by atoms with Crippen LogP contribution in [0.1, 0.15) is 57.6 Å². The fourth-order valence-corrected chi connectivity index (χ4v) is 7.19. The number of hydrogen-bond acceptors (Lipinski definition) is 9. The summed E-state index contributed by atoms with van der Waals surface area (Å²) in [5.74, 6) is 1.41. The van der Waals surface area contributed by atoms with Crippen LogP contribution in [-0.2, 0) is 16.6 Å². The molecule has 3 aliphatic rings. The summed E-state index contributed by atoms with van der Waals surface area (Å²) in [6, 6.07) is 5.97. The molecule has 1 unspecified atom stereocenters. The molecule has 1 aromatic carbocycles. The first kappa shape index (κ1) is 29.4. The number of aliphatic hydroxyl groups is 2. The maximum absolute atomic E-state index is 13.7. The minimum absolute atomic E-state index is 0.0105. The Hall–Kier alpha value is -3.33. The van der Waals surface area contributed by atoms with Crippen molar-refractivity contribution in [1.29, 1.82) is 0 Å². The van der Waals surface area contributed by atoms with Crippen molar-refractivity contribution in [2.45, 2.75) is 88.6 Å². The lowest BCUT2D eigenvalue weighted by Gasteiger charge is -2.45. The molecule has 0 amide bonds. The molecular formula is C30H37F3N8O3. The number of anilines is 1. The van der Waals surface area contributed by atoms with Crippen molar-refractivity contribution in [3.63, 3.8) is 0 Å². The van der Waals surface area contributed by atoms with Gasteiger partial charge in [-0.15, -0.1) is 0 Å². The number of ether oxygens (including phenoxy) is 1. The number of imidazole rings is 2. The Bertz CT molecular complexity index is 1690. The molecule has 1 aliphatic heterocycles. The number of fused-ring (bicyclic) bond motifs is 2. The van der Waals surface area contributed by atoms with E-state index in [1.165, 1.54) is 27.7 Å². The number of benzene rings is 1. The number of aromatic amines is 1. The van der Waals surface area contributed by atoms with E-state index in [4.69, 9.17) is 15.5 Å². The van der Waals surface area contributed by atoms with Crippen LogP contribution >= 0.6 is 0 Å². The number of aliphatic hydroxyl groups excluding tert-OH is 2. The molecule has 1 spiro atoms. The summed E-state index contributed by atoms with van der Waals surface area (Å²) < 4.78 is 48.5. The summed E-state index contributed by atoms with van der Waals surface area (Å²) in [6.07, 6.45) is -3.77. The van der Waals surface area contributed by atoms with Crippen molar-refractivity contribution >= 4 is 28.0 Å². The molecule has 236 valence electrons. The fourth-order valence-electron chi connectivity index (χ4n) is 7.19. The summed E-state index contributed by atoms with van der Waals surface area (Å²) in [4.78, 5) is 21.8. The van der Waals surface area contributed by atoms with E-state index in [0.717, 1.165) is 29.7 Å². The number of hydrogen-bond donors (Lipinski definition) is 4. The van der Waals surface area contributed by atoms with Crippen molar-refractivity contribution in [3.8, 4) is 0 Å². The maximum atomic E-state index is 13.7. The van der Waals surface area contributed by atoms with Crippen LogP contribution in [0.2, 0.25) is 0 Å². The van der Waals surface area contributed by atoms with Gasteiger partial charge in [-0.05, 0) is 53.7 Å². The SMILES string of the molecule is CC(C)(C)c1ccc2nc(CC3CC34CC(N(C[C@H]3O[C@@H](n5cnc6c(N)ncnc65)[C@H](O)[C@@H]3O)CC(F)(F)F)C4)[nH]c2c1. The average molecular weight is 615 g/mol. The van der Waals surface area contributed by atoms with E-state index in [1.54, 1.807) is 0 Å². The number of nitrogens with zero attached hydrogens (tertiary/aromatic N) is 6. The van der Waals surface area contributed by atoms with Crippen molar-refractivity contribution in [2.24, 2.45) is 11.3 Å². The molecule has 11 nitrogen and oxygen atoms in total. The summed E-state index contributed by atoms with van der Waals surface area (Å²) in [7, 11) is 0. The third kappa shape index (κ3) is 5.21.